The second kappa shape index (κ2) is 3.18. The summed E-state index contributed by atoms with van der Waals surface area (Å²) in [5, 5.41) is 0. The smallest absolute Gasteiger partial charge is 0.290 e. The first kappa shape index (κ1) is 8.25. The molecule has 1 saturated heterocycles. The van der Waals surface area contributed by atoms with E-state index in [4.69, 9.17) is 5.73 Å². The Balaban J connectivity index is 2.26. The van der Waals surface area contributed by atoms with Gasteiger partial charge >= 0.3 is 0 Å². The SMILES string of the molecule is N[C@H]1CCN(c2ncc[nH]c2=O)C1. The Morgan fingerprint density at radius 2 is 2.54 bits per heavy atom. The molecule has 1 atom stereocenters. The number of aromatic amines is 1. The summed E-state index contributed by atoms with van der Waals surface area (Å²) in [5.74, 6) is 0.482. The standard InChI is InChI=1S/C8H12N4O/c9-6-1-4-12(5-6)7-8(13)11-3-2-10-7/h2-3,6H,1,4-5,9H2,(H,11,13)/t6-/m0/s1. The molecule has 5 heteroatoms. The predicted octanol–water partition coefficient (Wildman–Crippen LogP) is -0.693. The van der Waals surface area contributed by atoms with Gasteiger partial charge in [-0.25, -0.2) is 4.98 Å². The number of nitrogens with two attached hydrogens (primary N) is 1. The molecule has 1 aromatic heterocycles. The molecule has 13 heavy (non-hydrogen) atoms. The maximum atomic E-state index is 11.3. The monoisotopic (exact) mass is 180 g/mol. The molecule has 70 valence electrons. The van der Waals surface area contributed by atoms with Crippen LogP contribution in [0.15, 0.2) is 17.2 Å². The zero-order valence-electron chi connectivity index (χ0n) is 7.23. The van der Waals surface area contributed by atoms with Crippen molar-refractivity contribution in [3.8, 4) is 0 Å². The molecule has 1 aliphatic heterocycles. The Morgan fingerprint density at radius 3 is 3.15 bits per heavy atom. The maximum absolute atomic E-state index is 11.3. The quantitative estimate of drug-likeness (QED) is 0.599. The van der Waals surface area contributed by atoms with Crippen molar-refractivity contribution in [2.45, 2.75) is 12.5 Å². The number of aromatic nitrogens is 2. The van der Waals surface area contributed by atoms with E-state index in [0.29, 0.717) is 5.82 Å². The van der Waals surface area contributed by atoms with Gasteiger partial charge in [-0.3, -0.25) is 4.79 Å². The van der Waals surface area contributed by atoms with E-state index in [1.807, 2.05) is 4.90 Å². The van der Waals surface area contributed by atoms with Crippen LogP contribution in [0.1, 0.15) is 6.42 Å². The van der Waals surface area contributed by atoms with Gasteiger partial charge in [0.05, 0.1) is 0 Å². The normalized spacial score (nSPS) is 22.2. The summed E-state index contributed by atoms with van der Waals surface area (Å²) in [4.78, 5) is 19.8. The minimum absolute atomic E-state index is 0.142. The molecule has 0 radical (unpaired) electrons. The van der Waals surface area contributed by atoms with Gasteiger partial charge in [-0.05, 0) is 6.42 Å². The van der Waals surface area contributed by atoms with Crippen LogP contribution in [0.4, 0.5) is 5.82 Å². The van der Waals surface area contributed by atoms with Gasteiger partial charge in [-0.2, -0.15) is 0 Å². The lowest BCUT2D eigenvalue weighted by molar-refractivity contribution is 0.751. The highest BCUT2D eigenvalue weighted by atomic mass is 16.1. The average Bonchev–Trinajstić information content (AvgIpc) is 2.53. The van der Waals surface area contributed by atoms with Crippen LogP contribution in [0.3, 0.4) is 0 Å². The summed E-state index contributed by atoms with van der Waals surface area (Å²) in [6, 6.07) is 0.168. The molecule has 0 saturated carbocycles. The maximum Gasteiger partial charge on any atom is 0.290 e. The molecule has 0 bridgehead atoms. The minimum atomic E-state index is -0.142. The number of nitrogens with zero attached hydrogens (tertiary/aromatic N) is 2. The van der Waals surface area contributed by atoms with Crippen LogP contribution in [0.2, 0.25) is 0 Å². The van der Waals surface area contributed by atoms with Crippen LogP contribution in [0, 0.1) is 0 Å². The van der Waals surface area contributed by atoms with Crippen LogP contribution < -0.4 is 16.2 Å². The molecule has 0 aromatic carbocycles. The largest absolute Gasteiger partial charge is 0.350 e. The molecule has 2 heterocycles. The third-order valence-corrected chi connectivity index (χ3v) is 2.21. The fourth-order valence-corrected chi connectivity index (χ4v) is 1.55. The fourth-order valence-electron chi connectivity index (χ4n) is 1.55. The highest BCUT2D eigenvalue weighted by Gasteiger charge is 2.21. The van der Waals surface area contributed by atoms with Gasteiger partial charge in [-0.1, -0.05) is 0 Å². The van der Waals surface area contributed by atoms with Gasteiger partial charge < -0.3 is 15.6 Å². The average molecular weight is 180 g/mol. The number of nitrogens with one attached hydrogen (secondary N) is 1. The summed E-state index contributed by atoms with van der Waals surface area (Å²) in [6.07, 6.45) is 4.04. The number of anilines is 1. The number of hydrogen-bond acceptors (Lipinski definition) is 4. The van der Waals surface area contributed by atoms with Gasteiger partial charge in [0.1, 0.15) is 0 Å². The van der Waals surface area contributed by atoms with Gasteiger partial charge in [-0.15, -0.1) is 0 Å². The lowest BCUT2D eigenvalue weighted by Crippen LogP contribution is -2.31. The first-order chi connectivity index (χ1) is 6.27. The Labute approximate surface area is 75.6 Å². The van der Waals surface area contributed by atoms with Crippen molar-refractivity contribution in [1.29, 1.82) is 0 Å². The van der Waals surface area contributed by atoms with Gasteiger partial charge in [0.25, 0.3) is 5.56 Å². The molecule has 1 fully saturated rings. The molecule has 0 spiro atoms. The fraction of sp³-hybridized carbons (Fsp3) is 0.500. The topological polar surface area (TPSA) is 75.0 Å². The van der Waals surface area contributed by atoms with Crippen molar-refractivity contribution >= 4 is 5.82 Å². The Morgan fingerprint density at radius 1 is 1.69 bits per heavy atom. The van der Waals surface area contributed by atoms with Crippen LogP contribution in [0.5, 0.6) is 0 Å². The molecule has 0 unspecified atom stereocenters. The predicted molar refractivity (Wildman–Crippen MR) is 49.7 cm³/mol. The van der Waals surface area contributed by atoms with Crippen molar-refractivity contribution in [1.82, 2.24) is 9.97 Å². The van der Waals surface area contributed by atoms with Crippen LogP contribution in [-0.2, 0) is 0 Å². The Bertz CT molecular complexity index is 348. The summed E-state index contributed by atoms with van der Waals surface area (Å²) in [6.45, 7) is 1.54. The zero-order chi connectivity index (χ0) is 9.26. The first-order valence-electron chi connectivity index (χ1n) is 4.31. The second-order valence-corrected chi connectivity index (χ2v) is 3.24. The third-order valence-electron chi connectivity index (χ3n) is 2.21. The molecule has 1 aromatic rings. The zero-order valence-corrected chi connectivity index (χ0v) is 7.23. The summed E-state index contributed by atoms with van der Waals surface area (Å²) in [7, 11) is 0. The highest BCUT2D eigenvalue weighted by molar-refractivity contribution is 5.36. The van der Waals surface area contributed by atoms with E-state index in [9.17, 15) is 4.79 Å². The molecule has 0 aliphatic carbocycles. The van der Waals surface area contributed by atoms with Crippen molar-refractivity contribution in [3.05, 3.63) is 22.7 Å². The summed E-state index contributed by atoms with van der Waals surface area (Å²) < 4.78 is 0. The molecule has 1 aliphatic rings. The van der Waals surface area contributed by atoms with E-state index >= 15 is 0 Å². The highest BCUT2D eigenvalue weighted by Crippen LogP contribution is 2.11. The van der Waals surface area contributed by atoms with E-state index < -0.39 is 0 Å². The van der Waals surface area contributed by atoms with Gasteiger partial charge in [0.2, 0.25) is 0 Å². The van der Waals surface area contributed by atoms with E-state index in [2.05, 4.69) is 9.97 Å². The summed E-state index contributed by atoms with van der Waals surface area (Å²) >= 11 is 0. The van der Waals surface area contributed by atoms with Crippen LogP contribution >= 0.6 is 0 Å². The number of H-pyrrole nitrogens is 1. The first-order valence-corrected chi connectivity index (χ1v) is 4.31. The number of rotatable bonds is 1. The lowest BCUT2D eigenvalue weighted by atomic mass is 10.3. The minimum Gasteiger partial charge on any atom is -0.350 e. The van der Waals surface area contributed by atoms with E-state index in [0.717, 1.165) is 19.5 Å². The van der Waals surface area contributed by atoms with Crippen LogP contribution in [-0.4, -0.2) is 29.1 Å². The van der Waals surface area contributed by atoms with E-state index in [1.54, 1.807) is 6.20 Å². The second-order valence-electron chi connectivity index (χ2n) is 3.24. The van der Waals surface area contributed by atoms with Gasteiger partial charge in [0, 0.05) is 31.5 Å². The van der Waals surface area contributed by atoms with Crippen LogP contribution in [0.25, 0.3) is 0 Å². The molecule has 2 rings (SSSR count). The van der Waals surface area contributed by atoms with E-state index in [-0.39, 0.29) is 11.6 Å². The van der Waals surface area contributed by atoms with Crippen molar-refractivity contribution in [2.24, 2.45) is 5.73 Å². The lowest BCUT2D eigenvalue weighted by Gasteiger charge is -2.14. The molecule has 3 N–H and O–H groups in total. The van der Waals surface area contributed by atoms with Crippen molar-refractivity contribution < 1.29 is 0 Å². The number of hydrogen-bond donors (Lipinski definition) is 2. The third kappa shape index (κ3) is 1.55. The van der Waals surface area contributed by atoms with Gasteiger partial charge in [0.15, 0.2) is 5.82 Å². The Hall–Kier alpha value is -1.36. The van der Waals surface area contributed by atoms with Crippen molar-refractivity contribution in [3.63, 3.8) is 0 Å². The Kier molecular flexibility index (Phi) is 2.02. The summed E-state index contributed by atoms with van der Waals surface area (Å²) in [5.41, 5.74) is 5.59. The molecular weight excluding hydrogens is 168 g/mol. The molecular formula is C8H12N4O. The van der Waals surface area contributed by atoms with E-state index in [1.165, 1.54) is 6.20 Å². The van der Waals surface area contributed by atoms with Crippen molar-refractivity contribution in [2.75, 3.05) is 18.0 Å². The molecule has 5 nitrogen and oxygen atoms in total. The molecule has 0 amide bonds.